The van der Waals surface area contributed by atoms with Crippen LogP contribution in [0.3, 0.4) is 0 Å². The summed E-state index contributed by atoms with van der Waals surface area (Å²) in [7, 11) is 16.4. The highest BCUT2D eigenvalue weighted by molar-refractivity contribution is 5.71. The molecule has 0 amide bonds. The lowest BCUT2D eigenvalue weighted by atomic mass is 10.1. The molecule has 2 aliphatic rings. The van der Waals surface area contributed by atoms with E-state index in [1.807, 2.05) is 210 Å². The number of fused-ring (bicyclic) bond motifs is 8. The topological polar surface area (TPSA) is 273 Å². The van der Waals surface area contributed by atoms with Crippen molar-refractivity contribution >= 4 is 62.0 Å². The number of likely N-dealkylation sites (N-methyl/N-ethyl adjacent to an activating group) is 5. The first-order valence-corrected chi connectivity index (χ1v) is 40.4. The molecule has 2 aliphatic heterocycles. The van der Waals surface area contributed by atoms with Gasteiger partial charge in [0, 0.05) is 144 Å². The zero-order valence-electron chi connectivity index (χ0n) is 70.8. The van der Waals surface area contributed by atoms with Gasteiger partial charge in [-0.2, -0.15) is 10.2 Å². The molecule has 30 nitrogen and oxygen atoms in total. The quantitative estimate of drug-likeness (QED) is 0.0836. The molecular weight excluding hydrogens is 1500 g/mol. The Kier molecular flexibility index (Phi) is 23.2. The van der Waals surface area contributed by atoms with Crippen molar-refractivity contribution in [2.75, 3.05) is 124 Å². The number of hydrogen-bond acceptors (Lipinski definition) is 22. The van der Waals surface area contributed by atoms with Crippen LogP contribution in [0.5, 0.6) is 5.75 Å². The molecule has 0 saturated carbocycles. The lowest BCUT2D eigenvalue weighted by Gasteiger charge is -2.22. The maximum absolute atomic E-state index is 12.9. The number of rotatable bonds is 18. The molecule has 2 atom stereocenters. The third-order valence-corrected chi connectivity index (χ3v) is 22.1. The minimum absolute atomic E-state index is 0.0697. The number of nitrogens with one attached hydrogen (secondary N) is 1. The second kappa shape index (κ2) is 34.0. The lowest BCUT2D eigenvalue weighted by molar-refractivity contribution is 0.260. The molecule has 0 aliphatic carbocycles. The second-order valence-corrected chi connectivity index (χ2v) is 31.8. The molecule has 119 heavy (non-hydrogen) atoms. The van der Waals surface area contributed by atoms with Crippen LogP contribution in [0.15, 0.2) is 172 Å². The molecular formula is C89H103N25O5. The van der Waals surface area contributed by atoms with Crippen molar-refractivity contribution in [1.29, 1.82) is 0 Å². The average molecular weight is 1600 g/mol. The Bertz CT molecular complexity index is 6580. The Morgan fingerprint density at radius 2 is 0.866 bits per heavy atom. The Morgan fingerprint density at radius 1 is 0.429 bits per heavy atom. The molecule has 18 heterocycles. The van der Waals surface area contributed by atoms with Crippen LogP contribution in [0.2, 0.25) is 0 Å². The summed E-state index contributed by atoms with van der Waals surface area (Å²) in [6, 6.07) is 29.1. The van der Waals surface area contributed by atoms with E-state index in [4.69, 9.17) is 19.7 Å². The first-order valence-electron chi connectivity index (χ1n) is 40.4. The Balaban J connectivity index is 0.000000124. The summed E-state index contributed by atoms with van der Waals surface area (Å²) in [5, 5.41) is 12.4. The highest BCUT2D eigenvalue weighted by atomic mass is 16.5. The third kappa shape index (κ3) is 17.3. The molecule has 614 valence electrons. The number of nitrogens with zero attached hydrogens (tertiary/aromatic N) is 24. The van der Waals surface area contributed by atoms with Gasteiger partial charge in [-0.25, -0.2) is 38.9 Å². The summed E-state index contributed by atoms with van der Waals surface area (Å²) in [6.07, 6.45) is 23.0. The average Bonchev–Trinajstić information content (AvgIpc) is 1.62. The van der Waals surface area contributed by atoms with Gasteiger partial charge in [0.2, 0.25) is 0 Å². The van der Waals surface area contributed by atoms with Crippen LogP contribution in [-0.2, 0) is 12.8 Å². The van der Waals surface area contributed by atoms with E-state index in [0.717, 1.165) is 173 Å². The van der Waals surface area contributed by atoms with E-state index in [0.29, 0.717) is 81.2 Å². The molecule has 0 unspecified atom stereocenters. The van der Waals surface area contributed by atoms with E-state index in [2.05, 4.69) is 119 Å². The van der Waals surface area contributed by atoms with Crippen molar-refractivity contribution in [3.05, 3.63) is 245 Å². The van der Waals surface area contributed by atoms with Crippen LogP contribution >= 0.6 is 0 Å². The van der Waals surface area contributed by atoms with Crippen LogP contribution in [0, 0.1) is 48.5 Å². The van der Waals surface area contributed by atoms with Crippen molar-refractivity contribution in [1.82, 2.24) is 106 Å². The summed E-state index contributed by atoms with van der Waals surface area (Å²) in [5.41, 5.74) is 23.2. The van der Waals surface area contributed by atoms with Crippen molar-refractivity contribution in [2.24, 2.45) is 0 Å². The number of aryl methyl sites for hydroxylation is 9. The van der Waals surface area contributed by atoms with Crippen LogP contribution in [0.25, 0.3) is 90.2 Å². The molecule has 30 heteroatoms. The monoisotopic (exact) mass is 1600 g/mol. The molecule has 2 saturated heterocycles. The van der Waals surface area contributed by atoms with Crippen molar-refractivity contribution in [2.45, 2.75) is 100 Å². The fraction of sp³-hybridized carbons (Fsp3) is 0.348. The summed E-state index contributed by atoms with van der Waals surface area (Å²) in [4.78, 5) is 102. The van der Waals surface area contributed by atoms with Crippen molar-refractivity contribution in [3.63, 3.8) is 0 Å². The molecule has 16 aromatic heterocycles. The molecule has 18 rings (SSSR count). The van der Waals surface area contributed by atoms with Gasteiger partial charge in [-0.15, -0.1) is 0 Å². The number of pyridine rings is 6. The van der Waals surface area contributed by atoms with E-state index in [-0.39, 0.29) is 22.2 Å². The minimum atomic E-state index is -0.168. The molecule has 0 aromatic carbocycles. The fourth-order valence-corrected chi connectivity index (χ4v) is 15.6. The number of anilines is 3. The zero-order valence-corrected chi connectivity index (χ0v) is 70.8. The predicted octanol–water partition coefficient (Wildman–Crippen LogP) is 9.99. The van der Waals surface area contributed by atoms with Gasteiger partial charge in [-0.05, 0) is 207 Å². The summed E-state index contributed by atoms with van der Waals surface area (Å²) >= 11 is 0. The molecule has 1 N–H and O–H groups in total. The molecule has 2 fully saturated rings. The molecule has 0 spiro atoms. The Labute approximate surface area is 688 Å². The van der Waals surface area contributed by atoms with Crippen molar-refractivity contribution < 1.29 is 4.74 Å². The van der Waals surface area contributed by atoms with Crippen LogP contribution in [0.1, 0.15) is 77.5 Å². The molecule has 16 aromatic rings. The summed E-state index contributed by atoms with van der Waals surface area (Å²) < 4.78 is 19.8. The van der Waals surface area contributed by atoms with Crippen LogP contribution in [0.4, 0.5) is 17.1 Å². The van der Waals surface area contributed by atoms with Gasteiger partial charge in [0.15, 0.2) is 0 Å². The number of imidazole rings is 2. The van der Waals surface area contributed by atoms with Gasteiger partial charge in [-0.1, -0.05) is 13.8 Å². The highest BCUT2D eigenvalue weighted by Gasteiger charge is 2.27. The largest absolute Gasteiger partial charge is 0.491 e. The summed E-state index contributed by atoms with van der Waals surface area (Å²) in [6.45, 7) is 25.0. The maximum atomic E-state index is 12.9. The molecule has 0 radical (unpaired) electrons. The highest BCUT2D eigenvalue weighted by Crippen LogP contribution is 2.30. The van der Waals surface area contributed by atoms with Gasteiger partial charge in [0.1, 0.15) is 57.6 Å². The second-order valence-electron chi connectivity index (χ2n) is 31.8. The normalized spacial score (nSPS) is 14.3. The third-order valence-electron chi connectivity index (χ3n) is 22.1. The maximum Gasteiger partial charge on any atom is 0.258 e. The predicted molar refractivity (Wildman–Crippen MR) is 470 cm³/mol. The standard InChI is InChI=1S/2C23H26N6O.C22H26N6O2.C21H25N7O/c2*1-15-9-17(12-28-11-16(2)24-23(15)28)20-10-22(30)29-14-19(5-6-21(29)25-20)27-8-7-18(13-27)26(3)4;1-6-17-20-10-19(25-28(20)12-15(3)23-17)18-11-21(29)27-13-16(30-8-7-26(4)5)9-14(2)22(27)24-18;1-5-16-19-10-18(25-28(19)12-14(2)23-16)17-11-21(29)27-13-15(6-7-20(27)24-17)26(4)9-8-22-3/h2*5-6,9-12,14,18H,7-8,13H2,1-4H3;9-13H,6-8H2,1-5H3;6-7,10-13,22H,5,8-9H2,1-4H3/t2*18-;;/m10../s1. The van der Waals surface area contributed by atoms with Crippen LogP contribution < -0.4 is 47.0 Å². The van der Waals surface area contributed by atoms with Gasteiger partial charge < -0.3 is 48.3 Å². The van der Waals surface area contributed by atoms with Gasteiger partial charge >= 0.3 is 0 Å². The number of aromatic nitrogens is 18. The van der Waals surface area contributed by atoms with E-state index >= 15 is 0 Å². The zero-order chi connectivity index (χ0) is 83.9. The smallest absolute Gasteiger partial charge is 0.258 e. The SMILES string of the molecule is CCc1nc(C)cn2nc(-c3cc(=O)n4cc(N(C)CCNC)ccc4n3)cc12.CCc1nc(C)cn2nc(-c3cc(=O)n4cc(OCCN(C)C)cc(C)c4n3)cc12.Cc1cn2cc(-c3cc(=O)n4cc(N5CC[C@@H](N(C)C)C5)ccc4n3)cc(C)c2n1.Cc1cn2cc(-c3cc(=O)n4cc(N5CC[C@H](N(C)C)C5)ccc4n3)cc(C)c2n1. The Morgan fingerprint density at radius 3 is 1.33 bits per heavy atom. The molecule has 0 bridgehead atoms. The van der Waals surface area contributed by atoms with Gasteiger partial charge in [0.05, 0.1) is 104 Å². The van der Waals surface area contributed by atoms with Gasteiger partial charge in [-0.3, -0.25) is 46.7 Å². The summed E-state index contributed by atoms with van der Waals surface area (Å²) in [5.74, 6) is 0.653. The fourth-order valence-electron chi connectivity index (χ4n) is 15.6. The minimum Gasteiger partial charge on any atom is -0.491 e. The van der Waals surface area contributed by atoms with Crippen LogP contribution in [-0.4, -0.2) is 221 Å². The lowest BCUT2D eigenvalue weighted by Crippen LogP contribution is -2.31. The van der Waals surface area contributed by atoms with E-state index in [1.54, 1.807) is 31.5 Å². The van der Waals surface area contributed by atoms with Crippen molar-refractivity contribution in [3.8, 4) is 51.0 Å². The van der Waals surface area contributed by atoms with E-state index in [9.17, 15) is 19.2 Å². The van der Waals surface area contributed by atoms with Gasteiger partial charge in [0.25, 0.3) is 22.2 Å². The van der Waals surface area contributed by atoms with E-state index < -0.39 is 0 Å². The first-order chi connectivity index (χ1) is 57.1. The van der Waals surface area contributed by atoms with E-state index in [1.165, 1.54) is 16.5 Å². The first kappa shape index (κ1) is 81.3. The number of hydrogen-bond donors (Lipinski definition) is 1. The number of ether oxygens (including phenoxy) is 1. The Hall–Kier alpha value is -12.9.